The Labute approximate surface area is 116 Å². The van der Waals surface area contributed by atoms with Crippen LogP contribution in [0.25, 0.3) is 0 Å². The van der Waals surface area contributed by atoms with Gasteiger partial charge in [0.25, 0.3) is 0 Å². The zero-order valence-corrected chi connectivity index (χ0v) is 11.9. The maximum Gasteiger partial charge on any atom is 0.205 e. The predicted octanol–water partition coefficient (Wildman–Crippen LogP) is 3.21. The van der Waals surface area contributed by atoms with Crippen molar-refractivity contribution < 1.29 is 4.74 Å². The molecule has 1 N–H and O–H groups in total. The van der Waals surface area contributed by atoms with Crippen LogP contribution >= 0.6 is 11.3 Å². The summed E-state index contributed by atoms with van der Waals surface area (Å²) in [4.78, 5) is 0. The first-order valence-corrected chi connectivity index (χ1v) is 7.27. The van der Waals surface area contributed by atoms with Crippen molar-refractivity contribution in [3.8, 4) is 5.75 Å². The number of aryl methyl sites for hydroxylation is 1. The highest BCUT2D eigenvalue weighted by Crippen LogP contribution is 2.39. The van der Waals surface area contributed by atoms with Crippen LogP contribution in [0.2, 0.25) is 0 Å². The van der Waals surface area contributed by atoms with Crippen molar-refractivity contribution in [3.05, 3.63) is 34.8 Å². The smallest absolute Gasteiger partial charge is 0.205 e. The van der Waals surface area contributed by atoms with Crippen molar-refractivity contribution >= 4 is 16.5 Å². The maximum absolute atomic E-state index is 5.18. The summed E-state index contributed by atoms with van der Waals surface area (Å²) < 4.78 is 5.18. The lowest BCUT2D eigenvalue weighted by Crippen LogP contribution is -2.33. The van der Waals surface area contributed by atoms with Crippen molar-refractivity contribution in [2.45, 2.75) is 31.7 Å². The van der Waals surface area contributed by atoms with E-state index >= 15 is 0 Å². The first-order chi connectivity index (χ1) is 9.24. The zero-order valence-electron chi connectivity index (χ0n) is 11.1. The molecule has 3 rings (SSSR count). The van der Waals surface area contributed by atoms with Gasteiger partial charge in [0, 0.05) is 6.04 Å². The Bertz CT molecular complexity index is 546. The molecule has 0 radical (unpaired) electrons. The number of benzene rings is 1. The molecule has 0 spiro atoms. The van der Waals surface area contributed by atoms with Gasteiger partial charge in [-0.3, -0.25) is 0 Å². The molecule has 5 heteroatoms. The molecule has 1 aromatic carbocycles. The normalized spacial score (nSPS) is 21.8. The number of nitrogens with zero attached hydrogens (tertiary/aromatic N) is 2. The lowest BCUT2D eigenvalue weighted by Gasteiger charge is -2.36. The molecule has 0 unspecified atom stereocenters. The highest BCUT2D eigenvalue weighted by atomic mass is 32.1. The van der Waals surface area contributed by atoms with Crippen LogP contribution in [-0.2, 0) is 0 Å². The van der Waals surface area contributed by atoms with Crippen molar-refractivity contribution in [1.82, 2.24) is 10.2 Å². The molecule has 1 heterocycles. The molecule has 0 atom stereocenters. The molecule has 0 aliphatic heterocycles. The Kier molecular flexibility index (Phi) is 3.38. The van der Waals surface area contributed by atoms with Crippen LogP contribution in [0.1, 0.15) is 29.3 Å². The molecule has 100 valence electrons. The topological polar surface area (TPSA) is 47.0 Å². The highest BCUT2D eigenvalue weighted by Gasteiger charge is 2.30. The minimum absolute atomic E-state index is 0.527. The second-order valence-electron chi connectivity index (χ2n) is 4.91. The Morgan fingerprint density at radius 3 is 2.53 bits per heavy atom. The van der Waals surface area contributed by atoms with E-state index < -0.39 is 0 Å². The van der Waals surface area contributed by atoms with Gasteiger partial charge in [0.2, 0.25) is 5.13 Å². The monoisotopic (exact) mass is 275 g/mol. The third-order valence-electron chi connectivity index (χ3n) is 3.58. The number of ether oxygens (including phenoxy) is 1. The third kappa shape index (κ3) is 2.71. The summed E-state index contributed by atoms with van der Waals surface area (Å²) in [7, 11) is 1.70. The summed E-state index contributed by atoms with van der Waals surface area (Å²) in [5, 5.41) is 13.5. The van der Waals surface area contributed by atoms with E-state index in [-0.39, 0.29) is 0 Å². The Morgan fingerprint density at radius 2 is 1.95 bits per heavy atom. The summed E-state index contributed by atoms with van der Waals surface area (Å²) in [6, 6.07) is 8.91. The quantitative estimate of drug-likeness (QED) is 0.930. The predicted molar refractivity (Wildman–Crippen MR) is 77.0 cm³/mol. The SMILES string of the molecule is COc1ccc(C2CC(Nc3nnc(C)s3)C2)cc1. The zero-order chi connectivity index (χ0) is 13.2. The molecule has 1 aliphatic rings. The molecule has 1 aliphatic carbocycles. The molecular weight excluding hydrogens is 258 g/mol. The molecule has 0 bridgehead atoms. The van der Waals surface area contributed by atoms with E-state index in [2.05, 4.69) is 27.6 Å². The van der Waals surface area contributed by atoms with Crippen molar-refractivity contribution in [3.63, 3.8) is 0 Å². The van der Waals surface area contributed by atoms with Gasteiger partial charge >= 0.3 is 0 Å². The molecular formula is C14H17N3OS. The fourth-order valence-electron chi connectivity index (χ4n) is 2.41. The number of rotatable bonds is 4. The summed E-state index contributed by atoms with van der Waals surface area (Å²) in [5.41, 5.74) is 1.40. The minimum Gasteiger partial charge on any atom is -0.497 e. The Hall–Kier alpha value is -1.62. The van der Waals surface area contributed by atoms with E-state index in [0.717, 1.165) is 28.7 Å². The number of methoxy groups -OCH3 is 1. The molecule has 0 amide bonds. The first-order valence-electron chi connectivity index (χ1n) is 6.45. The van der Waals surface area contributed by atoms with E-state index in [4.69, 9.17) is 4.74 Å². The molecule has 0 saturated heterocycles. The number of nitrogens with one attached hydrogen (secondary N) is 1. The second-order valence-corrected chi connectivity index (χ2v) is 6.09. The van der Waals surface area contributed by atoms with Crippen LogP contribution in [0.15, 0.2) is 24.3 Å². The van der Waals surface area contributed by atoms with Gasteiger partial charge in [0.1, 0.15) is 10.8 Å². The number of hydrogen-bond donors (Lipinski definition) is 1. The van der Waals surface area contributed by atoms with Crippen LogP contribution in [0.3, 0.4) is 0 Å². The van der Waals surface area contributed by atoms with Crippen molar-refractivity contribution in [1.29, 1.82) is 0 Å². The van der Waals surface area contributed by atoms with E-state index in [1.807, 2.05) is 19.1 Å². The second kappa shape index (κ2) is 5.17. The molecule has 1 saturated carbocycles. The van der Waals surface area contributed by atoms with Gasteiger partial charge < -0.3 is 10.1 Å². The molecule has 4 nitrogen and oxygen atoms in total. The minimum atomic E-state index is 0.527. The van der Waals surface area contributed by atoms with Crippen LogP contribution in [0.5, 0.6) is 5.75 Å². The molecule has 2 aromatic rings. The Balaban J connectivity index is 1.54. The summed E-state index contributed by atoms with van der Waals surface area (Å²) in [6.45, 7) is 1.98. The molecule has 1 fully saturated rings. The van der Waals surface area contributed by atoms with Gasteiger partial charge in [-0.15, -0.1) is 10.2 Å². The van der Waals surface area contributed by atoms with Crippen LogP contribution < -0.4 is 10.1 Å². The lowest BCUT2D eigenvalue weighted by atomic mass is 9.76. The van der Waals surface area contributed by atoms with E-state index in [0.29, 0.717) is 12.0 Å². The number of hydrogen-bond acceptors (Lipinski definition) is 5. The summed E-state index contributed by atoms with van der Waals surface area (Å²) >= 11 is 1.62. The van der Waals surface area contributed by atoms with Crippen LogP contribution in [0.4, 0.5) is 5.13 Å². The standard InChI is InChI=1S/C14H17N3OS/c1-9-16-17-14(19-9)15-12-7-11(8-12)10-3-5-13(18-2)6-4-10/h3-6,11-12H,7-8H2,1-2H3,(H,15,17). The summed E-state index contributed by atoms with van der Waals surface area (Å²) in [5.74, 6) is 1.57. The summed E-state index contributed by atoms with van der Waals surface area (Å²) in [6.07, 6.45) is 2.32. The average Bonchev–Trinajstić information content (AvgIpc) is 2.79. The molecule has 1 aromatic heterocycles. The largest absolute Gasteiger partial charge is 0.497 e. The molecule has 19 heavy (non-hydrogen) atoms. The third-order valence-corrected chi connectivity index (χ3v) is 4.35. The van der Waals surface area contributed by atoms with Gasteiger partial charge in [-0.2, -0.15) is 0 Å². The lowest BCUT2D eigenvalue weighted by molar-refractivity contribution is 0.372. The van der Waals surface area contributed by atoms with Crippen LogP contribution in [-0.4, -0.2) is 23.3 Å². The van der Waals surface area contributed by atoms with Gasteiger partial charge in [-0.05, 0) is 43.4 Å². The fourth-order valence-corrected chi connectivity index (χ4v) is 3.08. The van der Waals surface area contributed by atoms with Crippen LogP contribution in [0, 0.1) is 6.92 Å². The first kappa shape index (κ1) is 12.4. The highest BCUT2D eigenvalue weighted by molar-refractivity contribution is 7.15. The van der Waals surface area contributed by atoms with Crippen molar-refractivity contribution in [2.75, 3.05) is 12.4 Å². The van der Waals surface area contributed by atoms with Gasteiger partial charge in [-0.1, -0.05) is 23.5 Å². The van der Waals surface area contributed by atoms with E-state index in [1.54, 1.807) is 18.4 Å². The number of aromatic nitrogens is 2. The van der Waals surface area contributed by atoms with Gasteiger partial charge in [0.05, 0.1) is 7.11 Å². The van der Waals surface area contributed by atoms with Gasteiger partial charge in [-0.25, -0.2) is 0 Å². The Morgan fingerprint density at radius 1 is 1.21 bits per heavy atom. The van der Waals surface area contributed by atoms with Gasteiger partial charge in [0.15, 0.2) is 0 Å². The maximum atomic E-state index is 5.18. The average molecular weight is 275 g/mol. The van der Waals surface area contributed by atoms with E-state index in [9.17, 15) is 0 Å². The van der Waals surface area contributed by atoms with E-state index in [1.165, 1.54) is 5.56 Å². The fraction of sp³-hybridized carbons (Fsp3) is 0.429. The van der Waals surface area contributed by atoms with Crippen molar-refractivity contribution in [2.24, 2.45) is 0 Å². The number of anilines is 1.